The summed E-state index contributed by atoms with van der Waals surface area (Å²) in [6, 6.07) is 9.76. The molecule has 0 saturated heterocycles. The van der Waals surface area contributed by atoms with E-state index in [4.69, 9.17) is 10.00 Å². The molecule has 0 aliphatic rings. The van der Waals surface area contributed by atoms with E-state index in [1.807, 2.05) is 30.6 Å². The minimum atomic E-state index is 0.567. The fraction of sp³-hybridized carbons (Fsp3) is 0.200. The number of ether oxygens (including phenoxy) is 1. The van der Waals surface area contributed by atoms with E-state index < -0.39 is 0 Å². The van der Waals surface area contributed by atoms with Crippen molar-refractivity contribution < 1.29 is 4.74 Å². The van der Waals surface area contributed by atoms with Gasteiger partial charge in [0.25, 0.3) is 0 Å². The molecule has 0 aliphatic carbocycles. The van der Waals surface area contributed by atoms with E-state index >= 15 is 0 Å². The van der Waals surface area contributed by atoms with Crippen molar-refractivity contribution in [2.75, 3.05) is 20.2 Å². The number of aromatic nitrogens is 1. The molecule has 0 atom stereocenters. The van der Waals surface area contributed by atoms with Crippen LogP contribution in [0.3, 0.4) is 0 Å². The Hall–Kier alpha value is -2.16. The zero-order valence-electron chi connectivity index (χ0n) is 11.0. The molecule has 0 bridgehead atoms. The third kappa shape index (κ3) is 2.20. The van der Waals surface area contributed by atoms with Gasteiger partial charge in [-0.2, -0.15) is 5.26 Å². The van der Waals surface area contributed by atoms with Crippen molar-refractivity contribution in [3.8, 4) is 11.9 Å². The summed E-state index contributed by atoms with van der Waals surface area (Å²) < 4.78 is 6.90. The van der Waals surface area contributed by atoms with Gasteiger partial charge in [0.15, 0.2) is 0 Å². The normalized spacial score (nSPS) is 10.8. The Kier molecular flexibility index (Phi) is 3.50. The number of nitrogens with zero attached hydrogens (tertiary/aromatic N) is 2. The average Bonchev–Trinajstić information content (AvgIpc) is 2.96. The van der Waals surface area contributed by atoms with E-state index in [1.165, 1.54) is 0 Å². The van der Waals surface area contributed by atoms with Crippen molar-refractivity contribution in [2.24, 2.45) is 0 Å². The third-order valence-electron chi connectivity index (χ3n) is 3.08. The Bertz CT molecular complexity index is 804. The SMILES string of the molecule is CNCCOc1nc2cc(C#N)ccc2c2sccc12. The number of hydrogen-bond donors (Lipinski definition) is 1. The molecular formula is C15H13N3OS. The van der Waals surface area contributed by atoms with E-state index in [0.717, 1.165) is 27.5 Å². The highest BCUT2D eigenvalue weighted by atomic mass is 32.1. The lowest BCUT2D eigenvalue weighted by Crippen LogP contribution is -2.16. The van der Waals surface area contributed by atoms with Crippen molar-refractivity contribution in [3.05, 3.63) is 35.2 Å². The molecular weight excluding hydrogens is 270 g/mol. The first-order valence-corrected chi connectivity index (χ1v) is 7.20. The van der Waals surface area contributed by atoms with Gasteiger partial charge in [-0.15, -0.1) is 11.3 Å². The molecule has 1 N–H and O–H groups in total. The predicted octanol–water partition coefficient (Wildman–Crippen LogP) is 2.92. The zero-order chi connectivity index (χ0) is 13.9. The number of benzene rings is 1. The standard InChI is InChI=1S/C15H13N3OS/c1-17-5-6-19-15-12-4-7-20-14(12)11-3-2-10(9-16)8-13(11)18-15/h2-4,7-8,17H,5-6H2,1H3. The van der Waals surface area contributed by atoms with E-state index in [-0.39, 0.29) is 0 Å². The first-order chi connectivity index (χ1) is 9.83. The van der Waals surface area contributed by atoms with Crippen LogP contribution in [-0.2, 0) is 0 Å². The van der Waals surface area contributed by atoms with E-state index in [2.05, 4.69) is 16.4 Å². The molecule has 20 heavy (non-hydrogen) atoms. The molecule has 2 heterocycles. The number of rotatable bonds is 4. The van der Waals surface area contributed by atoms with E-state index in [1.54, 1.807) is 17.4 Å². The van der Waals surface area contributed by atoms with Gasteiger partial charge in [-0.1, -0.05) is 6.07 Å². The molecule has 100 valence electrons. The summed E-state index contributed by atoms with van der Waals surface area (Å²) in [5, 5.41) is 16.2. The molecule has 1 aromatic carbocycles. The molecule has 0 spiro atoms. The van der Waals surface area contributed by atoms with Crippen LogP contribution < -0.4 is 10.1 Å². The number of nitriles is 1. The van der Waals surface area contributed by atoms with Crippen molar-refractivity contribution in [2.45, 2.75) is 0 Å². The summed E-state index contributed by atoms with van der Waals surface area (Å²) in [5.74, 6) is 0.638. The van der Waals surface area contributed by atoms with E-state index in [0.29, 0.717) is 18.1 Å². The summed E-state index contributed by atoms with van der Waals surface area (Å²) in [5.41, 5.74) is 1.42. The molecule has 4 nitrogen and oxygen atoms in total. The number of thiophene rings is 1. The smallest absolute Gasteiger partial charge is 0.222 e. The van der Waals surface area contributed by atoms with Crippen molar-refractivity contribution in [1.82, 2.24) is 10.3 Å². The first kappa shape index (κ1) is 12.9. The van der Waals surface area contributed by atoms with Gasteiger partial charge < -0.3 is 10.1 Å². The first-order valence-electron chi connectivity index (χ1n) is 6.32. The molecule has 0 saturated carbocycles. The van der Waals surface area contributed by atoms with Crippen molar-refractivity contribution in [1.29, 1.82) is 5.26 Å². The van der Waals surface area contributed by atoms with Crippen molar-refractivity contribution in [3.63, 3.8) is 0 Å². The highest BCUT2D eigenvalue weighted by Gasteiger charge is 2.11. The molecule has 0 radical (unpaired) electrons. The second-order valence-corrected chi connectivity index (χ2v) is 5.29. The zero-order valence-corrected chi connectivity index (χ0v) is 11.8. The minimum Gasteiger partial charge on any atom is -0.476 e. The minimum absolute atomic E-state index is 0.567. The molecule has 3 aromatic rings. The number of fused-ring (bicyclic) bond motifs is 3. The molecule has 3 rings (SSSR count). The van der Waals surface area contributed by atoms with Crippen LogP contribution in [-0.4, -0.2) is 25.2 Å². The summed E-state index contributed by atoms with van der Waals surface area (Å²) in [7, 11) is 1.89. The Morgan fingerprint density at radius 3 is 3.05 bits per heavy atom. The van der Waals surface area contributed by atoms with Gasteiger partial charge in [0.2, 0.25) is 5.88 Å². The Morgan fingerprint density at radius 1 is 1.35 bits per heavy atom. The number of pyridine rings is 1. The maximum absolute atomic E-state index is 9.00. The molecule has 0 unspecified atom stereocenters. The molecule has 5 heteroatoms. The lowest BCUT2D eigenvalue weighted by Gasteiger charge is -2.08. The van der Waals surface area contributed by atoms with Gasteiger partial charge in [0, 0.05) is 16.6 Å². The van der Waals surface area contributed by atoms with Gasteiger partial charge in [-0.3, -0.25) is 0 Å². The van der Waals surface area contributed by atoms with Crippen LogP contribution in [0, 0.1) is 11.3 Å². The lowest BCUT2D eigenvalue weighted by atomic mass is 10.1. The summed E-state index contributed by atoms with van der Waals surface area (Å²) in [6.07, 6.45) is 0. The summed E-state index contributed by atoms with van der Waals surface area (Å²) in [6.45, 7) is 1.33. The molecule has 0 fully saturated rings. The van der Waals surface area contributed by atoms with Crippen LogP contribution in [0.4, 0.5) is 0 Å². The van der Waals surface area contributed by atoms with Crippen molar-refractivity contribution >= 4 is 32.3 Å². The van der Waals surface area contributed by atoms with Gasteiger partial charge >= 0.3 is 0 Å². The number of hydrogen-bond acceptors (Lipinski definition) is 5. The largest absolute Gasteiger partial charge is 0.476 e. The lowest BCUT2D eigenvalue weighted by molar-refractivity contribution is 0.311. The second kappa shape index (κ2) is 5.45. The van der Waals surface area contributed by atoms with E-state index in [9.17, 15) is 0 Å². The molecule has 0 amide bonds. The van der Waals surface area contributed by atoms with Gasteiger partial charge in [-0.25, -0.2) is 4.98 Å². The second-order valence-electron chi connectivity index (χ2n) is 4.38. The molecule has 0 aliphatic heterocycles. The predicted molar refractivity (Wildman–Crippen MR) is 81.3 cm³/mol. The monoisotopic (exact) mass is 283 g/mol. The Morgan fingerprint density at radius 2 is 2.25 bits per heavy atom. The Balaban J connectivity index is 2.16. The highest BCUT2D eigenvalue weighted by Crippen LogP contribution is 2.34. The fourth-order valence-electron chi connectivity index (χ4n) is 2.10. The summed E-state index contributed by atoms with van der Waals surface area (Å²) >= 11 is 1.67. The van der Waals surface area contributed by atoms with Crippen LogP contribution in [0.1, 0.15) is 5.56 Å². The maximum Gasteiger partial charge on any atom is 0.222 e. The van der Waals surface area contributed by atoms with Gasteiger partial charge in [0.05, 0.1) is 22.5 Å². The van der Waals surface area contributed by atoms with Gasteiger partial charge in [-0.05, 0) is 30.6 Å². The molecule has 2 aromatic heterocycles. The van der Waals surface area contributed by atoms with Gasteiger partial charge in [0.1, 0.15) is 6.61 Å². The Labute approximate surface area is 120 Å². The third-order valence-corrected chi connectivity index (χ3v) is 4.03. The van der Waals surface area contributed by atoms with Crippen LogP contribution in [0.25, 0.3) is 21.0 Å². The van der Waals surface area contributed by atoms with Crippen LogP contribution >= 0.6 is 11.3 Å². The topological polar surface area (TPSA) is 57.9 Å². The number of nitrogens with one attached hydrogen (secondary N) is 1. The maximum atomic E-state index is 9.00. The van der Waals surface area contributed by atoms with Crippen LogP contribution in [0.5, 0.6) is 5.88 Å². The average molecular weight is 283 g/mol. The van der Waals surface area contributed by atoms with Crippen LogP contribution in [0.15, 0.2) is 29.6 Å². The fourth-order valence-corrected chi connectivity index (χ4v) is 3.02. The quantitative estimate of drug-likeness (QED) is 0.748. The summed E-state index contributed by atoms with van der Waals surface area (Å²) in [4.78, 5) is 4.56. The highest BCUT2D eigenvalue weighted by molar-refractivity contribution is 7.18. The van der Waals surface area contributed by atoms with Crippen LogP contribution in [0.2, 0.25) is 0 Å². The number of likely N-dealkylation sites (N-methyl/N-ethyl adjacent to an activating group) is 1.